The molecule has 1 atom stereocenters. The molecule has 120 valence electrons. The van der Waals surface area contributed by atoms with Crippen LogP contribution in [0.1, 0.15) is 46.5 Å². The number of hydroxylamine groups is 2. The van der Waals surface area contributed by atoms with E-state index in [9.17, 15) is 14.4 Å². The second-order valence-corrected chi connectivity index (χ2v) is 5.18. The standard InChI is InChI=1S/C14H23NO6/c1-10(2)19-8-6-11(3)20-9-7-14(18)21-15-12(16)4-5-13(15)17/h10-11H,4-9H2,1-3H3. The number of hydrogen-bond acceptors (Lipinski definition) is 6. The average molecular weight is 301 g/mol. The topological polar surface area (TPSA) is 82.1 Å². The van der Waals surface area contributed by atoms with Gasteiger partial charge in [0.25, 0.3) is 11.8 Å². The van der Waals surface area contributed by atoms with Gasteiger partial charge in [0.2, 0.25) is 0 Å². The van der Waals surface area contributed by atoms with Gasteiger partial charge in [0.1, 0.15) is 0 Å². The molecule has 0 aromatic heterocycles. The molecule has 0 aliphatic carbocycles. The lowest BCUT2D eigenvalue weighted by molar-refractivity contribution is -0.198. The zero-order valence-electron chi connectivity index (χ0n) is 12.8. The van der Waals surface area contributed by atoms with E-state index in [1.807, 2.05) is 20.8 Å². The highest BCUT2D eigenvalue weighted by Gasteiger charge is 2.32. The Morgan fingerprint density at radius 2 is 1.71 bits per heavy atom. The van der Waals surface area contributed by atoms with Crippen molar-refractivity contribution in [2.75, 3.05) is 13.2 Å². The van der Waals surface area contributed by atoms with E-state index < -0.39 is 17.8 Å². The van der Waals surface area contributed by atoms with E-state index in [1.165, 1.54) is 0 Å². The number of nitrogens with zero attached hydrogens (tertiary/aromatic N) is 1. The molecular formula is C14H23NO6. The molecule has 7 heteroatoms. The summed E-state index contributed by atoms with van der Waals surface area (Å²) in [6, 6.07) is 0. The van der Waals surface area contributed by atoms with Gasteiger partial charge in [-0.15, -0.1) is 5.06 Å². The molecule has 1 aliphatic rings. The highest BCUT2D eigenvalue weighted by atomic mass is 16.7. The molecule has 2 amide bonds. The summed E-state index contributed by atoms with van der Waals surface area (Å²) < 4.78 is 10.8. The van der Waals surface area contributed by atoms with E-state index in [0.717, 1.165) is 6.42 Å². The van der Waals surface area contributed by atoms with Crippen LogP contribution in [0.3, 0.4) is 0 Å². The zero-order valence-corrected chi connectivity index (χ0v) is 12.8. The highest BCUT2D eigenvalue weighted by molar-refractivity contribution is 6.01. The maximum atomic E-state index is 11.5. The van der Waals surface area contributed by atoms with Crippen molar-refractivity contribution in [3.8, 4) is 0 Å². The predicted molar refractivity (Wildman–Crippen MR) is 72.9 cm³/mol. The third kappa shape index (κ3) is 6.68. The molecule has 0 radical (unpaired) electrons. The number of hydrogen-bond donors (Lipinski definition) is 0. The third-order valence-corrected chi connectivity index (χ3v) is 2.88. The summed E-state index contributed by atoms with van der Waals surface area (Å²) in [5.41, 5.74) is 0. The van der Waals surface area contributed by atoms with Gasteiger partial charge >= 0.3 is 5.97 Å². The molecule has 0 aromatic carbocycles. The number of amides is 2. The third-order valence-electron chi connectivity index (χ3n) is 2.88. The first-order valence-electron chi connectivity index (χ1n) is 7.20. The Balaban J connectivity index is 2.13. The lowest BCUT2D eigenvalue weighted by atomic mass is 10.3. The lowest BCUT2D eigenvalue weighted by Gasteiger charge is -2.15. The molecule has 0 spiro atoms. The molecule has 1 unspecified atom stereocenters. The Labute approximate surface area is 124 Å². The average Bonchev–Trinajstić information content (AvgIpc) is 2.70. The summed E-state index contributed by atoms with van der Waals surface area (Å²) in [6.45, 7) is 6.59. The molecule has 21 heavy (non-hydrogen) atoms. The molecule has 1 fully saturated rings. The Morgan fingerprint density at radius 3 is 2.29 bits per heavy atom. The molecule has 1 saturated heterocycles. The monoisotopic (exact) mass is 301 g/mol. The van der Waals surface area contributed by atoms with Crippen LogP contribution in [0.25, 0.3) is 0 Å². The van der Waals surface area contributed by atoms with Crippen LogP contribution in [-0.2, 0) is 28.7 Å². The van der Waals surface area contributed by atoms with Gasteiger partial charge in [0.15, 0.2) is 0 Å². The second-order valence-electron chi connectivity index (χ2n) is 5.18. The number of carbonyl (C=O) groups is 3. The van der Waals surface area contributed by atoms with Crippen LogP contribution in [-0.4, -0.2) is 48.3 Å². The van der Waals surface area contributed by atoms with Crippen molar-refractivity contribution in [2.45, 2.75) is 58.7 Å². The SMILES string of the molecule is CC(C)OCCC(C)OCCC(=O)ON1C(=O)CCC1=O. The van der Waals surface area contributed by atoms with Crippen LogP contribution in [0, 0.1) is 0 Å². The Morgan fingerprint density at radius 1 is 1.10 bits per heavy atom. The number of ether oxygens (including phenoxy) is 2. The van der Waals surface area contributed by atoms with E-state index in [-0.39, 0.29) is 38.1 Å². The molecule has 0 aromatic rings. The van der Waals surface area contributed by atoms with Crippen molar-refractivity contribution >= 4 is 17.8 Å². The summed E-state index contributed by atoms with van der Waals surface area (Å²) >= 11 is 0. The first kappa shape index (κ1) is 17.6. The van der Waals surface area contributed by atoms with Crippen molar-refractivity contribution in [3.05, 3.63) is 0 Å². The maximum absolute atomic E-state index is 11.5. The first-order chi connectivity index (χ1) is 9.90. The van der Waals surface area contributed by atoms with E-state index >= 15 is 0 Å². The quantitative estimate of drug-likeness (QED) is 0.595. The minimum absolute atomic E-state index is 0.00750. The van der Waals surface area contributed by atoms with Gasteiger partial charge in [-0.3, -0.25) is 9.59 Å². The molecule has 1 heterocycles. The van der Waals surface area contributed by atoms with Crippen LogP contribution in [0.15, 0.2) is 0 Å². The van der Waals surface area contributed by atoms with Crippen LogP contribution < -0.4 is 0 Å². The fourth-order valence-corrected chi connectivity index (χ4v) is 1.70. The fourth-order valence-electron chi connectivity index (χ4n) is 1.70. The van der Waals surface area contributed by atoms with Gasteiger partial charge < -0.3 is 14.3 Å². The van der Waals surface area contributed by atoms with Crippen molar-refractivity contribution < 1.29 is 28.7 Å². The van der Waals surface area contributed by atoms with Crippen molar-refractivity contribution in [3.63, 3.8) is 0 Å². The van der Waals surface area contributed by atoms with Gasteiger partial charge in [-0.2, -0.15) is 0 Å². The Kier molecular flexibility index (Phi) is 7.31. The Bertz CT molecular complexity index is 366. The second kappa shape index (κ2) is 8.74. The minimum Gasteiger partial charge on any atom is -0.379 e. The van der Waals surface area contributed by atoms with Crippen molar-refractivity contribution in [1.29, 1.82) is 0 Å². The molecule has 1 rings (SSSR count). The largest absolute Gasteiger partial charge is 0.379 e. The number of imide groups is 1. The van der Waals surface area contributed by atoms with E-state index in [2.05, 4.69) is 0 Å². The van der Waals surface area contributed by atoms with Crippen molar-refractivity contribution in [2.24, 2.45) is 0 Å². The van der Waals surface area contributed by atoms with Gasteiger partial charge in [0.05, 0.1) is 25.2 Å². The maximum Gasteiger partial charge on any atom is 0.335 e. The molecule has 0 N–H and O–H groups in total. The summed E-state index contributed by atoms with van der Waals surface area (Å²) in [6.07, 6.45) is 1.06. The summed E-state index contributed by atoms with van der Waals surface area (Å²) in [5, 5.41) is 0.544. The van der Waals surface area contributed by atoms with E-state index in [1.54, 1.807) is 0 Å². The molecule has 0 bridgehead atoms. The fraction of sp³-hybridized carbons (Fsp3) is 0.786. The van der Waals surface area contributed by atoms with Gasteiger partial charge in [-0.1, -0.05) is 0 Å². The zero-order chi connectivity index (χ0) is 15.8. The highest BCUT2D eigenvalue weighted by Crippen LogP contribution is 2.12. The molecule has 7 nitrogen and oxygen atoms in total. The Hall–Kier alpha value is -1.47. The molecular weight excluding hydrogens is 278 g/mol. The molecule has 0 saturated carbocycles. The summed E-state index contributed by atoms with van der Waals surface area (Å²) in [4.78, 5) is 38.7. The number of rotatable bonds is 9. The normalized spacial score (nSPS) is 16.7. The van der Waals surface area contributed by atoms with E-state index in [4.69, 9.17) is 14.3 Å². The summed E-state index contributed by atoms with van der Waals surface area (Å²) in [5.74, 6) is -1.61. The van der Waals surface area contributed by atoms with Crippen LogP contribution in [0.5, 0.6) is 0 Å². The molecule has 1 aliphatic heterocycles. The van der Waals surface area contributed by atoms with Crippen LogP contribution in [0.2, 0.25) is 0 Å². The smallest absolute Gasteiger partial charge is 0.335 e. The lowest BCUT2D eigenvalue weighted by Crippen LogP contribution is -2.32. The van der Waals surface area contributed by atoms with Gasteiger partial charge in [-0.25, -0.2) is 4.79 Å². The van der Waals surface area contributed by atoms with Crippen LogP contribution in [0.4, 0.5) is 0 Å². The predicted octanol–water partition coefficient (Wildman–Crippen LogP) is 1.20. The van der Waals surface area contributed by atoms with Crippen LogP contribution >= 0.6 is 0 Å². The first-order valence-corrected chi connectivity index (χ1v) is 7.20. The minimum atomic E-state index is -0.649. The van der Waals surface area contributed by atoms with E-state index in [0.29, 0.717) is 11.7 Å². The number of carbonyl (C=O) groups excluding carboxylic acids is 3. The van der Waals surface area contributed by atoms with Gasteiger partial charge in [0, 0.05) is 19.4 Å². The van der Waals surface area contributed by atoms with Crippen molar-refractivity contribution in [1.82, 2.24) is 5.06 Å². The summed E-state index contributed by atoms with van der Waals surface area (Å²) in [7, 11) is 0. The van der Waals surface area contributed by atoms with Gasteiger partial charge in [-0.05, 0) is 27.2 Å².